The van der Waals surface area contributed by atoms with Gasteiger partial charge in [0.25, 0.3) is 0 Å². The van der Waals surface area contributed by atoms with Gasteiger partial charge in [0, 0.05) is 13.1 Å². The van der Waals surface area contributed by atoms with Crippen LogP contribution in [0.4, 0.5) is 4.79 Å². The van der Waals surface area contributed by atoms with Gasteiger partial charge in [-0.05, 0) is 58.2 Å². The van der Waals surface area contributed by atoms with Crippen molar-refractivity contribution in [2.75, 3.05) is 27.4 Å². The molecule has 1 aromatic carbocycles. The van der Waals surface area contributed by atoms with Crippen LogP contribution in [0.25, 0.3) is 0 Å². The van der Waals surface area contributed by atoms with Crippen LogP contribution >= 0.6 is 0 Å². The Bertz CT molecular complexity index is 657. The Morgan fingerprint density at radius 1 is 1.10 bits per heavy atom. The summed E-state index contributed by atoms with van der Waals surface area (Å²) in [7, 11) is 3.16. The molecule has 0 radical (unpaired) electrons. The van der Waals surface area contributed by atoms with Crippen LogP contribution in [0.1, 0.15) is 46.1 Å². The molecule has 1 atom stereocenters. The van der Waals surface area contributed by atoms with Gasteiger partial charge in [-0.1, -0.05) is 6.07 Å². The molecule has 0 heterocycles. The zero-order valence-corrected chi connectivity index (χ0v) is 18.3. The molecule has 0 unspecified atom stereocenters. The number of rotatable bonds is 11. The van der Waals surface area contributed by atoms with Crippen molar-refractivity contribution in [2.45, 2.75) is 58.7 Å². The fourth-order valence-corrected chi connectivity index (χ4v) is 2.59. The van der Waals surface area contributed by atoms with E-state index in [-0.39, 0.29) is 5.97 Å². The molecule has 0 aromatic heterocycles. The van der Waals surface area contributed by atoms with Crippen LogP contribution in [-0.4, -0.2) is 51.1 Å². The van der Waals surface area contributed by atoms with E-state index in [2.05, 4.69) is 10.6 Å². The summed E-state index contributed by atoms with van der Waals surface area (Å²) < 4.78 is 20.9. The van der Waals surface area contributed by atoms with E-state index in [1.807, 2.05) is 18.2 Å². The number of carbonyl (C=O) groups is 2. The number of amides is 1. The Morgan fingerprint density at radius 3 is 2.38 bits per heavy atom. The Labute approximate surface area is 173 Å². The first kappa shape index (κ1) is 24.6. The van der Waals surface area contributed by atoms with E-state index in [1.165, 1.54) is 0 Å². The molecule has 0 bridgehead atoms. The number of benzene rings is 1. The van der Waals surface area contributed by atoms with Crippen LogP contribution in [0.3, 0.4) is 0 Å². The lowest BCUT2D eigenvalue weighted by Crippen LogP contribution is -2.39. The topological polar surface area (TPSA) is 95.1 Å². The second-order valence-electron chi connectivity index (χ2n) is 7.45. The molecule has 0 aliphatic heterocycles. The van der Waals surface area contributed by atoms with Crippen molar-refractivity contribution in [1.29, 1.82) is 0 Å². The number of hydrogen-bond donors (Lipinski definition) is 2. The van der Waals surface area contributed by atoms with Crippen LogP contribution < -0.4 is 20.1 Å². The molecule has 0 aliphatic rings. The predicted octanol–water partition coefficient (Wildman–Crippen LogP) is 3.03. The largest absolute Gasteiger partial charge is 0.493 e. The number of ether oxygens (including phenoxy) is 4. The van der Waals surface area contributed by atoms with Gasteiger partial charge in [0.1, 0.15) is 11.6 Å². The Balaban J connectivity index is 2.58. The third-order valence-electron chi connectivity index (χ3n) is 3.91. The molecule has 2 N–H and O–H groups in total. The van der Waals surface area contributed by atoms with Gasteiger partial charge in [-0.15, -0.1) is 0 Å². The molecule has 8 nitrogen and oxygen atoms in total. The van der Waals surface area contributed by atoms with Gasteiger partial charge in [-0.2, -0.15) is 0 Å². The quantitative estimate of drug-likeness (QED) is 0.428. The molecule has 164 valence electrons. The molecule has 0 aliphatic carbocycles. The van der Waals surface area contributed by atoms with E-state index in [4.69, 9.17) is 18.9 Å². The SMILES string of the molecule is CCOC(=O)[C@H](CCCNC(=O)OC(C)(C)C)NCc1ccc(OC)c(OC)c1. The van der Waals surface area contributed by atoms with Gasteiger partial charge in [-0.3, -0.25) is 4.79 Å². The highest BCUT2D eigenvalue weighted by Crippen LogP contribution is 2.27. The summed E-state index contributed by atoms with van der Waals surface area (Å²) in [6, 6.07) is 5.10. The zero-order chi connectivity index (χ0) is 21.9. The molecule has 8 heteroatoms. The van der Waals surface area contributed by atoms with E-state index in [0.717, 1.165) is 5.56 Å². The molecule has 1 aromatic rings. The molecule has 0 saturated carbocycles. The second kappa shape index (κ2) is 12.2. The third kappa shape index (κ3) is 9.51. The van der Waals surface area contributed by atoms with Gasteiger partial charge in [0.05, 0.1) is 20.8 Å². The lowest BCUT2D eigenvalue weighted by atomic mass is 10.1. The first-order valence-electron chi connectivity index (χ1n) is 9.78. The minimum Gasteiger partial charge on any atom is -0.493 e. The van der Waals surface area contributed by atoms with Gasteiger partial charge < -0.3 is 29.6 Å². The number of nitrogens with one attached hydrogen (secondary N) is 2. The Morgan fingerprint density at radius 2 is 1.79 bits per heavy atom. The maximum atomic E-state index is 12.3. The van der Waals surface area contributed by atoms with Gasteiger partial charge in [0.15, 0.2) is 11.5 Å². The molecule has 0 spiro atoms. The molecule has 29 heavy (non-hydrogen) atoms. The summed E-state index contributed by atoms with van der Waals surface area (Å²) in [6.07, 6.45) is 0.646. The summed E-state index contributed by atoms with van der Waals surface area (Å²) in [5.41, 5.74) is 0.405. The third-order valence-corrected chi connectivity index (χ3v) is 3.91. The van der Waals surface area contributed by atoms with Crippen molar-refractivity contribution >= 4 is 12.1 Å². The highest BCUT2D eigenvalue weighted by atomic mass is 16.6. The number of esters is 1. The minimum absolute atomic E-state index is 0.309. The first-order chi connectivity index (χ1) is 13.7. The van der Waals surface area contributed by atoms with E-state index < -0.39 is 17.7 Å². The number of carbonyl (C=O) groups excluding carboxylic acids is 2. The van der Waals surface area contributed by atoms with Crippen LogP contribution in [0, 0.1) is 0 Å². The highest BCUT2D eigenvalue weighted by Gasteiger charge is 2.20. The molecule has 0 fully saturated rings. The van der Waals surface area contributed by atoms with Crippen molar-refractivity contribution in [3.8, 4) is 11.5 Å². The zero-order valence-electron chi connectivity index (χ0n) is 18.3. The Hall–Kier alpha value is -2.48. The minimum atomic E-state index is -0.543. The van der Waals surface area contributed by atoms with Gasteiger partial charge in [-0.25, -0.2) is 4.79 Å². The summed E-state index contributed by atoms with van der Waals surface area (Å²) in [5, 5.41) is 5.92. The first-order valence-corrected chi connectivity index (χ1v) is 9.78. The number of methoxy groups -OCH3 is 2. The van der Waals surface area contributed by atoms with Gasteiger partial charge >= 0.3 is 12.1 Å². The maximum absolute atomic E-state index is 12.3. The number of hydrogen-bond acceptors (Lipinski definition) is 7. The average molecular weight is 411 g/mol. The summed E-state index contributed by atoms with van der Waals surface area (Å²) in [5.74, 6) is 0.956. The fourth-order valence-electron chi connectivity index (χ4n) is 2.59. The van der Waals surface area contributed by atoms with E-state index in [0.29, 0.717) is 44.0 Å². The number of alkyl carbamates (subject to hydrolysis) is 1. The smallest absolute Gasteiger partial charge is 0.407 e. The monoisotopic (exact) mass is 410 g/mol. The molecule has 0 saturated heterocycles. The normalized spacial score (nSPS) is 12.1. The van der Waals surface area contributed by atoms with Crippen molar-refractivity contribution in [3.05, 3.63) is 23.8 Å². The van der Waals surface area contributed by atoms with Crippen molar-refractivity contribution in [2.24, 2.45) is 0 Å². The predicted molar refractivity (Wildman–Crippen MR) is 110 cm³/mol. The molecular weight excluding hydrogens is 376 g/mol. The van der Waals surface area contributed by atoms with Gasteiger partial charge in [0.2, 0.25) is 0 Å². The molecule has 1 amide bonds. The highest BCUT2D eigenvalue weighted by molar-refractivity contribution is 5.75. The van der Waals surface area contributed by atoms with Crippen LogP contribution in [0.15, 0.2) is 18.2 Å². The summed E-state index contributed by atoms with van der Waals surface area (Å²) in [4.78, 5) is 24.0. The van der Waals surface area contributed by atoms with Crippen LogP contribution in [0.5, 0.6) is 11.5 Å². The van der Waals surface area contributed by atoms with Crippen molar-refractivity contribution in [1.82, 2.24) is 10.6 Å². The summed E-state index contributed by atoms with van der Waals surface area (Å²) >= 11 is 0. The molecule has 1 rings (SSSR count). The van der Waals surface area contributed by atoms with Crippen LogP contribution in [-0.2, 0) is 20.8 Å². The fraction of sp³-hybridized carbons (Fsp3) is 0.619. The van der Waals surface area contributed by atoms with Crippen molar-refractivity contribution < 1.29 is 28.5 Å². The van der Waals surface area contributed by atoms with E-state index in [1.54, 1.807) is 41.9 Å². The van der Waals surface area contributed by atoms with Crippen LogP contribution in [0.2, 0.25) is 0 Å². The second-order valence-corrected chi connectivity index (χ2v) is 7.45. The lowest BCUT2D eigenvalue weighted by molar-refractivity contribution is -0.145. The molecular formula is C21H34N2O6. The standard InChI is InChI=1S/C21H34N2O6/c1-7-28-19(24)16(9-8-12-22-20(25)29-21(2,3)4)23-14-15-10-11-17(26-5)18(13-15)27-6/h10-11,13,16,23H,7-9,12,14H2,1-6H3,(H,22,25)/t16-/m0/s1. The van der Waals surface area contributed by atoms with E-state index >= 15 is 0 Å². The average Bonchev–Trinajstić information content (AvgIpc) is 2.65. The Kier molecular flexibility index (Phi) is 10.3. The summed E-state index contributed by atoms with van der Waals surface area (Å²) in [6.45, 7) is 8.37. The lowest BCUT2D eigenvalue weighted by Gasteiger charge is -2.20. The van der Waals surface area contributed by atoms with E-state index in [9.17, 15) is 9.59 Å². The van der Waals surface area contributed by atoms with Crippen molar-refractivity contribution in [3.63, 3.8) is 0 Å². The maximum Gasteiger partial charge on any atom is 0.407 e.